The average Bonchev–Trinajstić information content (AvgIpc) is 3.24. The normalized spacial score (nSPS) is 18.5. The van der Waals surface area contributed by atoms with Crippen LogP contribution in [-0.4, -0.2) is 19.8 Å². The van der Waals surface area contributed by atoms with Gasteiger partial charge in [-0.25, -0.2) is 4.68 Å². The second kappa shape index (κ2) is 6.14. The zero-order chi connectivity index (χ0) is 16.7. The summed E-state index contributed by atoms with van der Waals surface area (Å²) in [6, 6.07) is 6.76. The second-order valence-electron chi connectivity index (χ2n) is 5.55. The van der Waals surface area contributed by atoms with E-state index < -0.39 is 0 Å². The Kier molecular flexibility index (Phi) is 3.97. The molecule has 24 heavy (non-hydrogen) atoms. The average molecular weight is 361 g/mol. The maximum Gasteiger partial charge on any atom is 0.269 e. The SMILES string of the molecule is CCCCc1nnc2n1N1C(=CSC1c1ccc([N+](=O)[O-])cc1)S2. The predicted octanol–water partition coefficient (Wildman–Crippen LogP) is 3.82. The summed E-state index contributed by atoms with van der Waals surface area (Å²) in [4.78, 5) is 10.5. The first kappa shape index (κ1) is 15.5. The minimum atomic E-state index is -0.373. The van der Waals surface area contributed by atoms with Crippen molar-refractivity contribution in [2.75, 3.05) is 5.01 Å². The molecule has 0 amide bonds. The monoisotopic (exact) mass is 361 g/mol. The molecular formula is C15H15N5O2S2. The van der Waals surface area contributed by atoms with E-state index in [0.717, 1.165) is 40.8 Å². The number of hydrogen-bond acceptors (Lipinski definition) is 7. The Hall–Kier alpha value is -2.00. The fraction of sp³-hybridized carbons (Fsp3) is 0.333. The van der Waals surface area contributed by atoms with Gasteiger partial charge in [-0.1, -0.05) is 25.1 Å². The fourth-order valence-electron chi connectivity index (χ4n) is 2.76. The van der Waals surface area contributed by atoms with Crippen molar-refractivity contribution in [2.24, 2.45) is 0 Å². The van der Waals surface area contributed by atoms with Gasteiger partial charge >= 0.3 is 0 Å². The Morgan fingerprint density at radius 1 is 1.29 bits per heavy atom. The Labute approximate surface area is 147 Å². The fourth-order valence-corrected chi connectivity index (χ4v) is 5.01. The minimum absolute atomic E-state index is 0.0472. The number of nitro groups is 1. The van der Waals surface area contributed by atoms with Gasteiger partial charge in [0.15, 0.2) is 5.82 Å². The first-order valence-electron chi connectivity index (χ1n) is 7.70. The Morgan fingerprint density at radius 2 is 2.08 bits per heavy atom. The molecule has 7 nitrogen and oxygen atoms in total. The van der Waals surface area contributed by atoms with E-state index in [2.05, 4.69) is 32.2 Å². The molecule has 1 aromatic heterocycles. The number of thioether (sulfide) groups is 2. The number of benzene rings is 1. The number of unbranched alkanes of at least 4 members (excludes halogenated alkanes) is 1. The lowest BCUT2D eigenvalue weighted by Crippen LogP contribution is -2.30. The molecule has 0 bridgehead atoms. The van der Waals surface area contributed by atoms with Crippen molar-refractivity contribution in [3.8, 4) is 0 Å². The zero-order valence-electron chi connectivity index (χ0n) is 13.0. The van der Waals surface area contributed by atoms with Crippen molar-refractivity contribution in [2.45, 2.75) is 36.7 Å². The van der Waals surface area contributed by atoms with Gasteiger partial charge in [0.05, 0.1) is 4.92 Å². The molecule has 4 rings (SSSR count). The van der Waals surface area contributed by atoms with Crippen molar-refractivity contribution in [3.63, 3.8) is 0 Å². The highest BCUT2D eigenvalue weighted by Gasteiger charge is 2.39. The van der Waals surface area contributed by atoms with E-state index in [-0.39, 0.29) is 16.0 Å². The van der Waals surface area contributed by atoms with Crippen molar-refractivity contribution in [3.05, 3.63) is 56.2 Å². The molecule has 0 saturated carbocycles. The number of aryl methyl sites for hydroxylation is 1. The summed E-state index contributed by atoms with van der Waals surface area (Å²) < 4.78 is 2.10. The lowest BCUT2D eigenvalue weighted by molar-refractivity contribution is -0.384. The molecule has 0 aliphatic carbocycles. The first-order chi connectivity index (χ1) is 11.7. The molecule has 0 saturated heterocycles. The zero-order valence-corrected chi connectivity index (χ0v) is 14.6. The van der Waals surface area contributed by atoms with Gasteiger partial charge in [-0.2, -0.15) is 0 Å². The van der Waals surface area contributed by atoms with Crippen LogP contribution in [0.4, 0.5) is 5.69 Å². The van der Waals surface area contributed by atoms with Crippen LogP contribution in [0.15, 0.2) is 39.9 Å². The van der Waals surface area contributed by atoms with E-state index in [9.17, 15) is 10.1 Å². The van der Waals surface area contributed by atoms with Gasteiger partial charge in [-0.3, -0.25) is 15.1 Å². The molecule has 124 valence electrons. The highest BCUT2D eigenvalue weighted by Crippen LogP contribution is 2.51. The van der Waals surface area contributed by atoms with E-state index in [1.54, 1.807) is 35.7 Å². The third-order valence-corrected chi connectivity index (χ3v) is 6.17. The van der Waals surface area contributed by atoms with Crippen LogP contribution in [0.25, 0.3) is 0 Å². The van der Waals surface area contributed by atoms with Gasteiger partial charge in [-0.15, -0.1) is 10.2 Å². The van der Waals surface area contributed by atoms with Crippen LogP contribution in [0.1, 0.15) is 36.5 Å². The van der Waals surface area contributed by atoms with Gasteiger partial charge in [0, 0.05) is 24.0 Å². The third-order valence-electron chi connectivity index (χ3n) is 3.98. The lowest BCUT2D eigenvalue weighted by atomic mass is 10.2. The van der Waals surface area contributed by atoms with Crippen LogP contribution in [0.2, 0.25) is 0 Å². The topological polar surface area (TPSA) is 77.1 Å². The van der Waals surface area contributed by atoms with E-state index in [0.29, 0.717) is 0 Å². The van der Waals surface area contributed by atoms with Crippen LogP contribution in [-0.2, 0) is 6.42 Å². The molecule has 9 heteroatoms. The number of aromatic nitrogens is 3. The molecular weight excluding hydrogens is 346 g/mol. The molecule has 3 heterocycles. The maximum atomic E-state index is 10.8. The summed E-state index contributed by atoms with van der Waals surface area (Å²) in [5.41, 5.74) is 1.14. The molecule has 2 aromatic rings. The summed E-state index contributed by atoms with van der Waals surface area (Å²) in [6.07, 6.45) is 3.08. The number of fused-ring (bicyclic) bond motifs is 3. The highest BCUT2D eigenvalue weighted by molar-refractivity contribution is 8.07. The molecule has 1 aromatic carbocycles. The molecule has 1 atom stereocenters. The molecule has 0 fully saturated rings. The van der Waals surface area contributed by atoms with Crippen LogP contribution in [0.3, 0.4) is 0 Å². The van der Waals surface area contributed by atoms with Gasteiger partial charge in [0.25, 0.3) is 5.69 Å². The van der Waals surface area contributed by atoms with E-state index >= 15 is 0 Å². The van der Waals surface area contributed by atoms with Crippen LogP contribution < -0.4 is 5.01 Å². The summed E-state index contributed by atoms with van der Waals surface area (Å²) in [7, 11) is 0. The van der Waals surface area contributed by atoms with E-state index in [1.165, 1.54) is 0 Å². The maximum absolute atomic E-state index is 10.8. The summed E-state index contributed by atoms with van der Waals surface area (Å²) in [5, 5.41) is 25.8. The summed E-state index contributed by atoms with van der Waals surface area (Å²) in [6.45, 7) is 2.16. The van der Waals surface area contributed by atoms with Crippen LogP contribution in [0, 0.1) is 10.1 Å². The number of hydrogen-bond donors (Lipinski definition) is 0. The smallest absolute Gasteiger partial charge is 0.258 e. The van der Waals surface area contributed by atoms with Gasteiger partial charge in [-0.05, 0) is 35.9 Å². The molecule has 2 aliphatic heterocycles. The van der Waals surface area contributed by atoms with Gasteiger partial charge in [0.1, 0.15) is 10.4 Å². The predicted molar refractivity (Wildman–Crippen MR) is 94.2 cm³/mol. The minimum Gasteiger partial charge on any atom is -0.258 e. The van der Waals surface area contributed by atoms with Crippen molar-refractivity contribution < 1.29 is 4.92 Å². The Balaban J connectivity index is 1.65. The van der Waals surface area contributed by atoms with Crippen molar-refractivity contribution in [1.82, 2.24) is 14.9 Å². The number of nitro benzene ring substituents is 1. The number of nitrogens with zero attached hydrogens (tertiary/aromatic N) is 5. The molecule has 1 unspecified atom stereocenters. The molecule has 0 radical (unpaired) electrons. The van der Waals surface area contributed by atoms with Crippen LogP contribution >= 0.6 is 23.5 Å². The third kappa shape index (κ3) is 2.48. The van der Waals surface area contributed by atoms with Crippen LogP contribution in [0.5, 0.6) is 0 Å². The summed E-state index contributed by atoms with van der Waals surface area (Å²) >= 11 is 3.31. The standard InChI is InChI=1S/C15H15N5O2S2/c1-2-3-4-12-16-17-15-18(12)19-13(24-15)9-23-14(19)10-5-7-11(8-6-10)20(21)22/h5-9,14H,2-4H2,1H3. The van der Waals surface area contributed by atoms with Gasteiger partial charge in [0.2, 0.25) is 5.16 Å². The Morgan fingerprint density at radius 3 is 2.79 bits per heavy atom. The molecule has 0 spiro atoms. The quantitative estimate of drug-likeness (QED) is 0.592. The summed E-state index contributed by atoms with van der Waals surface area (Å²) in [5.74, 6) is 0.970. The number of non-ortho nitro benzene ring substituents is 1. The van der Waals surface area contributed by atoms with E-state index in [1.807, 2.05) is 12.1 Å². The number of rotatable bonds is 5. The Bertz CT molecular complexity index is 818. The van der Waals surface area contributed by atoms with E-state index in [4.69, 9.17) is 0 Å². The lowest BCUT2D eigenvalue weighted by Gasteiger charge is -2.25. The molecule has 2 aliphatic rings. The first-order valence-corrected chi connectivity index (χ1v) is 9.46. The van der Waals surface area contributed by atoms with Crippen molar-refractivity contribution >= 4 is 29.2 Å². The molecule has 0 N–H and O–H groups in total. The largest absolute Gasteiger partial charge is 0.269 e. The second-order valence-corrected chi connectivity index (χ2v) is 7.50. The van der Waals surface area contributed by atoms with Gasteiger partial charge < -0.3 is 0 Å². The van der Waals surface area contributed by atoms with Crippen molar-refractivity contribution in [1.29, 1.82) is 0 Å². The highest BCUT2D eigenvalue weighted by atomic mass is 32.2.